The van der Waals surface area contributed by atoms with Crippen LogP contribution in [0.25, 0.3) is 6.08 Å². The Balaban J connectivity index is 0.000000196. The zero-order chi connectivity index (χ0) is 47.6. The van der Waals surface area contributed by atoms with Gasteiger partial charge in [0.05, 0.1) is 22.3 Å². The van der Waals surface area contributed by atoms with E-state index in [9.17, 15) is 52.7 Å². The number of rotatable bonds is 11. The van der Waals surface area contributed by atoms with Crippen LogP contribution in [-0.4, -0.2) is 46.3 Å². The Labute approximate surface area is 375 Å². The highest BCUT2D eigenvalue weighted by atomic mass is 19.4. The smallest absolute Gasteiger partial charge is 0.417 e. The Kier molecular flexibility index (Phi) is 14.5. The molecular formula is C48H50F12N4O2. The van der Waals surface area contributed by atoms with Crippen molar-refractivity contribution in [2.75, 3.05) is 9.80 Å². The lowest BCUT2D eigenvalue weighted by molar-refractivity contribution is -0.138. The van der Waals surface area contributed by atoms with Crippen molar-refractivity contribution in [2.24, 2.45) is 0 Å². The first-order valence-electron chi connectivity index (χ1n) is 22.2. The fraction of sp³-hybridized carbons (Fsp3) is 0.500. The number of benzene rings is 2. The highest BCUT2D eigenvalue weighted by molar-refractivity contribution is 5.59. The molecule has 0 saturated carbocycles. The number of piperidine rings is 2. The van der Waals surface area contributed by atoms with Gasteiger partial charge >= 0.3 is 24.7 Å². The molecule has 8 rings (SSSR count). The number of unbranched alkanes of at least 4 members (excludes halogenated alkanes) is 1. The summed E-state index contributed by atoms with van der Waals surface area (Å²) in [5, 5.41) is 0. The molecule has 0 N–H and O–H groups in total. The molecule has 4 aromatic rings. The topological polar surface area (TPSA) is 50.7 Å². The minimum absolute atomic E-state index is 0.0575. The summed E-state index contributed by atoms with van der Waals surface area (Å²) < 4.78 is 168. The van der Waals surface area contributed by atoms with Crippen molar-refractivity contribution >= 4 is 17.7 Å². The second-order valence-corrected chi connectivity index (χ2v) is 17.3. The number of pyridine rings is 2. The van der Waals surface area contributed by atoms with Crippen LogP contribution in [0.1, 0.15) is 118 Å². The second kappa shape index (κ2) is 19.6. The number of hydrogen-bond acceptors (Lipinski definition) is 6. The first-order chi connectivity index (χ1) is 31.1. The molecule has 4 bridgehead atoms. The van der Waals surface area contributed by atoms with Crippen LogP contribution in [0, 0.1) is 0 Å². The second-order valence-electron chi connectivity index (χ2n) is 17.3. The zero-order valence-corrected chi connectivity index (χ0v) is 36.2. The maximum absolute atomic E-state index is 13.2. The predicted molar refractivity (Wildman–Crippen MR) is 225 cm³/mol. The van der Waals surface area contributed by atoms with Crippen molar-refractivity contribution in [1.29, 1.82) is 0 Å². The van der Waals surface area contributed by atoms with E-state index in [4.69, 9.17) is 9.47 Å². The summed E-state index contributed by atoms with van der Waals surface area (Å²) in [5.74, 6) is 1.92. The molecule has 4 aliphatic rings. The largest absolute Gasteiger partial charge is 0.490 e. The maximum Gasteiger partial charge on any atom is 0.417 e. The van der Waals surface area contributed by atoms with Gasteiger partial charge in [0.15, 0.2) is 0 Å². The number of ether oxygens (including phenoxy) is 2. The minimum atomic E-state index is -4.44. The highest BCUT2D eigenvalue weighted by Crippen LogP contribution is 2.44. The van der Waals surface area contributed by atoms with E-state index in [-0.39, 0.29) is 36.4 Å². The molecule has 0 spiro atoms. The molecule has 2 aromatic carbocycles. The lowest BCUT2D eigenvalue weighted by atomic mass is 9.98. The van der Waals surface area contributed by atoms with Gasteiger partial charge in [-0.15, -0.1) is 0 Å². The number of hydrogen-bond donors (Lipinski definition) is 0. The summed E-state index contributed by atoms with van der Waals surface area (Å²) in [6, 6.07) is 12.3. The van der Waals surface area contributed by atoms with Crippen LogP contribution in [-0.2, 0) is 31.1 Å². The van der Waals surface area contributed by atoms with E-state index in [0.717, 1.165) is 81.3 Å². The van der Waals surface area contributed by atoms with Crippen molar-refractivity contribution in [3.63, 3.8) is 0 Å². The van der Waals surface area contributed by atoms with Crippen LogP contribution in [0.15, 0.2) is 79.1 Å². The van der Waals surface area contributed by atoms with E-state index in [2.05, 4.69) is 19.8 Å². The van der Waals surface area contributed by atoms with E-state index >= 15 is 0 Å². The molecule has 6 heterocycles. The molecule has 2 aromatic heterocycles. The molecule has 2 unspecified atom stereocenters. The zero-order valence-electron chi connectivity index (χ0n) is 36.2. The van der Waals surface area contributed by atoms with Crippen molar-refractivity contribution < 1.29 is 62.2 Å². The third-order valence-electron chi connectivity index (χ3n) is 12.7. The highest BCUT2D eigenvalue weighted by Gasteiger charge is 2.45. The molecule has 6 nitrogen and oxygen atoms in total. The van der Waals surface area contributed by atoms with E-state index in [1.54, 1.807) is 12.2 Å². The molecular weight excluding hydrogens is 893 g/mol. The lowest BCUT2D eigenvalue weighted by Gasteiger charge is -2.40. The molecule has 0 radical (unpaired) electrons. The van der Waals surface area contributed by atoms with Gasteiger partial charge in [0.25, 0.3) is 0 Å². The van der Waals surface area contributed by atoms with Crippen molar-refractivity contribution in [3.05, 3.63) is 113 Å². The summed E-state index contributed by atoms with van der Waals surface area (Å²) >= 11 is 0. The van der Waals surface area contributed by atoms with E-state index in [1.807, 2.05) is 13.8 Å². The summed E-state index contributed by atoms with van der Waals surface area (Å²) in [5.41, 5.74) is -2.03. The Morgan fingerprint density at radius 1 is 0.545 bits per heavy atom. The van der Waals surface area contributed by atoms with Crippen LogP contribution in [0.2, 0.25) is 0 Å². The Bertz CT molecular complexity index is 2250. The third kappa shape index (κ3) is 11.5. The van der Waals surface area contributed by atoms with E-state index in [1.165, 1.54) is 30.3 Å². The monoisotopic (exact) mass is 942 g/mol. The molecule has 6 atom stereocenters. The first-order valence-corrected chi connectivity index (χ1v) is 22.2. The maximum atomic E-state index is 13.2. The molecule has 4 saturated heterocycles. The summed E-state index contributed by atoms with van der Waals surface area (Å²) in [6.07, 6.45) is -4.09. The summed E-state index contributed by atoms with van der Waals surface area (Å²) in [6.45, 7) is 3.88. The van der Waals surface area contributed by atoms with Gasteiger partial charge in [-0.05, 0) is 111 Å². The van der Waals surface area contributed by atoms with Crippen molar-refractivity contribution in [2.45, 2.75) is 152 Å². The number of aryl methyl sites for hydroxylation is 1. The number of alkyl halides is 12. The number of anilines is 2. The molecule has 66 heavy (non-hydrogen) atoms. The Morgan fingerprint density at radius 3 is 1.35 bits per heavy atom. The first kappa shape index (κ1) is 48.8. The number of nitrogens with zero attached hydrogens (tertiary/aromatic N) is 4. The normalized spacial score (nSPS) is 23.2. The van der Waals surface area contributed by atoms with Gasteiger partial charge in [0.2, 0.25) is 0 Å². The predicted octanol–water partition coefficient (Wildman–Crippen LogP) is 14.2. The van der Waals surface area contributed by atoms with Gasteiger partial charge in [-0.1, -0.05) is 32.4 Å². The molecule has 0 aliphatic carbocycles. The van der Waals surface area contributed by atoms with Crippen LogP contribution < -0.4 is 19.3 Å². The summed E-state index contributed by atoms with van der Waals surface area (Å²) in [4.78, 5) is 12.2. The third-order valence-corrected chi connectivity index (χ3v) is 12.7. The average molecular weight is 943 g/mol. The fourth-order valence-electron chi connectivity index (χ4n) is 9.61. The minimum Gasteiger partial charge on any atom is -0.490 e. The number of allylic oxidation sites excluding steroid dienone is 1. The molecule has 0 amide bonds. The number of aromatic nitrogens is 2. The van der Waals surface area contributed by atoms with Gasteiger partial charge in [0.1, 0.15) is 35.3 Å². The molecule has 4 fully saturated rings. The van der Waals surface area contributed by atoms with Gasteiger partial charge in [0, 0.05) is 67.8 Å². The molecule has 358 valence electrons. The molecule has 4 aliphatic heterocycles. The standard InChI is InChI=1S/C24H26F6N2O.C24H24F6N2O/c2*1-2-3-4-15-11-16(23(25,26)27)5-9-21(15)33-20-12-18-7-8-19(13-20)32(18)22-10-6-17(14-31-22)24(28,29)30/h5-6,9-11,14,18-20H,2-4,7-8,12-13H2,1H3;3-6,9-11,14,18-20H,2,7-8,12-13H2,1H3/b;4-3+/t2*18-,19+,20?. The van der Waals surface area contributed by atoms with E-state index < -0.39 is 47.0 Å². The lowest BCUT2D eigenvalue weighted by Crippen LogP contribution is -2.47. The van der Waals surface area contributed by atoms with Crippen LogP contribution >= 0.6 is 0 Å². The SMILES string of the molecule is CC/C=C/c1cc(C(F)(F)F)ccc1OC1C[C@H]2CC[C@@H](C1)N2c1ccc(C(F)(F)F)cn1.CCCCc1cc(C(F)(F)F)ccc1OC1C[C@H]2CC[C@@H](C1)N2c1ccc(C(F)(F)F)cn1. The van der Waals surface area contributed by atoms with Gasteiger partial charge in [-0.2, -0.15) is 52.7 Å². The van der Waals surface area contributed by atoms with Gasteiger partial charge < -0.3 is 19.3 Å². The average Bonchev–Trinajstić information content (AvgIpc) is 3.68. The Hall–Kier alpha value is -5.16. The quantitative estimate of drug-likeness (QED) is 0.140. The molecule has 18 heteroatoms. The fourth-order valence-corrected chi connectivity index (χ4v) is 9.61. The number of halogens is 12. The van der Waals surface area contributed by atoms with Crippen molar-refractivity contribution in [3.8, 4) is 11.5 Å². The van der Waals surface area contributed by atoms with Crippen LogP contribution in [0.5, 0.6) is 11.5 Å². The number of fused-ring (bicyclic) bond motifs is 4. The van der Waals surface area contributed by atoms with Gasteiger partial charge in [-0.3, -0.25) is 0 Å². The van der Waals surface area contributed by atoms with Gasteiger partial charge in [-0.25, -0.2) is 9.97 Å². The summed E-state index contributed by atoms with van der Waals surface area (Å²) in [7, 11) is 0. The Morgan fingerprint density at radius 2 is 0.955 bits per heavy atom. The van der Waals surface area contributed by atoms with Crippen LogP contribution in [0.3, 0.4) is 0 Å². The van der Waals surface area contributed by atoms with E-state index in [0.29, 0.717) is 72.8 Å². The van der Waals surface area contributed by atoms with Crippen molar-refractivity contribution in [1.82, 2.24) is 9.97 Å². The van der Waals surface area contributed by atoms with Crippen LogP contribution in [0.4, 0.5) is 64.3 Å².